The smallest absolute Gasteiger partial charge is 0.0541 e. The van der Waals surface area contributed by atoms with Crippen molar-refractivity contribution >= 4 is 988 Å². The molecule has 0 amide bonds. The Kier molecular flexibility index (Phi) is 121. The standard InChI is InChI=1S/C39H30N2.S107/c1-39(2)34-16-8-6-13-30(34)32-15-10-17-35(38(32)39)40-28-22-19-26(20-23-28)27-21-24-37-33(25-27)31-14-7-9-18-36(31)41(37)29-11-4-3-5-12-29;1-3-5-7-9-11-13-15-17-19-21-23-25-27-29-31-33-35-37-39-41-43-45-47-49-51-53-55-57-59-61-63-65-67-69-71-73-75-77-79-81-83-85-87-89-91-93-95-97-99-101-103-105-107-106-104-102-100-98-96-94-92-90-88-86-84-82-80-78-76-74-72-70-68-66-64-62-60-58-56-54-52-50-48-46-44-42-40-38-36-34-32-30-28-26-24-22-20-18-16-14-12-10-8-6-4-2/h3-25,40H,1-2H3;. The fraction of sp³-hybridized carbons (Fsp3) is 0.0769. The maximum absolute atomic E-state index is 4.83. The molecule has 0 fully saturated rings. The van der Waals surface area contributed by atoms with Gasteiger partial charge in [-0.15, -0.1) is 0 Å². The lowest BCUT2D eigenvalue weighted by molar-refractivity contribution is 0.662. The van der Waals surface area contributed by atoms with E-state index in [9.17, 15) is 0 Å². The van der Waals surface area contributed by atoms with Crippen molar-refractivity contribution in [2.75, 3.05) is 5.32 Å². The molecule has 0 spiro atoms. The highest BCUT2D eigenvalue weighted by Gasteiger charge is 2.37. The molecule has 8 rings (SSSR count). The van der Waals surface area contributed by atoms with Gasteiger partial charge in [0, 0.05) is 988 Å². The van der Waals surface area contributed by atoms with Crippen LogP contribution in [0.5, 0.6) is 0 Å². The summed E-state index contributed by atoms with van der Waals surface area (Å²) in [4.78, 5) is 0. The van der Waals surface area contributed by atoms with Gasteiger partial charge in [-0.05, 0) is 81.9 Å². The molecule has 148 heavy (non-hydrogen) atoms. The third-order valence-corrected chi connectivity index (χ3v) is 243. The van der Waals surface area contributed by atoms with Crippen LogP contribution in [0.4, 0.5) is 11.4 Å². The van der Waals surface area contributed by atoms with E-state index in [0.29, 0.717) is 0 Å². The molecule has 0 radical (unpaired) electrons. The lowest BCUT2D eigenvalue weighted by Crippen LogP contribution is -2.16. The number of anilines is 2. The van der Waals surface area contributed by atoms with Gasteiger partial charge in [0.1, 0.15) is 0 Å². The first-order valence-electron chi connectivity index (χ1n) is 32.0. The molecule has 0 saturated carbocycles. The largest absolute Gasteiger partial charge is 0.355 e. The number of para-hydroxylation sites is 2. The molecule has 838 valence electrons. The van der Waals surface area contributed by atoms with Crippen LogP contribution in [0.2, 0.25) is 0 Å². The number of nitrogens with zero attached hydrogens (tertiary/aromatic N) is 1. The Morgan fingerprint density at radius 1 is 0.182 bits per heavy atom. The van der Waals surface area contributed by atoms with Gasteiger partial charge in [-0.1, -0.05) is 105 Å². The van der Waals surface area contributed by atoms with E-state index >= 15 is 0 Å². The van der Waals surface area contributed by atoms with Gasteiger partial charge < -0.3 is 9.88 Å². The van der Waals surface area contributed by atoms with Gasteiger partial charge in [-0.2, -0.15) is 0 Å². The summed E-state index contributed by atoms with van der Waals surface area (Å²) < 4.78 is 2.36. The minimum atomic E-state index is -0.0518. The second kappa shape index (κ2) is 117. The maximum Gasteiger partial charge on any atom is 0.0541 e. The Bertz CT molecular complexity index is 11300. The van der Waals surface area contributed by atoms with Gasteiger partial charge in [0.05, 0.1) is 11.0 Å². The number of benzene rings is 6. The van der Waals surface area contributed by atoms with E-state index in [1.54, 1.807) is 107 Å². The van der Waals surface area contributed by atoms with E-state index in [1.807, 2.05) is 808 Å². The zero-order valence-corrected chi connectivity index (χ0v) is 154. The lowest BCUT2D eigenvalue weighted by Gasteiger charge is -2.24. The number of nitrogens with one attached hydrogen (secondary N) is 1. The Hall–Kier alpha value is 18.5. The van der Waals surface area contributed by atoms with Crippen LogP contribution in [0.25, 0.3) is 49.7 Å². The molecule has 0 saturated heterocycles. The lowest BCUT2D eigenvalue weighted by atomic mass is 9.81. The maximum atomic E-state index is 4.83. The molecule has 0 aliphatic heterocycles. The summed E-state index contributed by atoms with van der Waals surface area (Å²) >= 11 is 9.66. The molecule has 1 N–H and O–H groups in total. The summed E-state index contributed by atoms with van der Waals surface area (Å²) in [7, 11) is 190. The van der Waals surface area contributed by atoms with Crippen LogP contribution in [0, 0.1) is 0 Å². The van der Waals surface area contributed by atoms with Crippen LogP contribution >= 0.6 is 0 Å². The second-order valence-electron chi connectivity index (χ2n) is 18.7. The fourth-order valence-electron chi connectivity index (χ4n) is 8.03. The van der Waals surface area contributed by atoms with Crippen LogP contribution in [0.1, 0.15) is 25.0 Å². The molecular formula is C39H30N2S107. The first-order chi connectivity index (χ1) is 73.5. The van der Waals surface area contributed by atoms with Crippen LogP contribution in [0.15, 0.2) is 140 Å². The summed E-state index contributed by atoms with van der Waals surface area (Å²) in [6.07, 6.45) is 0. The molecule has 1 heterocycles. The molecule has 6 aromatic carbocycles. The van der Waals surface area contributed by atoms with Gasteiger partial charge in [0.2, 0.25) is 0 Å². The summed E-state index contributed by atoms with van der Waals surface area (Å²) in [6.45, 7) is 4.66. The number of aromatic nitrogens is 1. The fourth-order valence-corrected chi connectivity index (χ4v) is 291. The van der Waals surface area contributed by atoms with E-state index in [-0.39, 0.29) is 5.41 Å². The third kappa shape index (κ3) is 83.5. The number of rotatable bonds is 4. The SMILES string of the molecule is CC1(C)c2ccccc2-c2cccc(Nc3ccc(-c4ccc5c(c4)c4ccccc4n5-c4ccccc4)cc3)c21.S=S=S=S=S=S=S=S=S=S=S=S=S=S=S=S=S=S=S=S=S=S=S=S=S=S=S=S=S=S=S=S=S=S=S=S=S=S=S=S=S=S=S=S=S=S=S=S=S=S=S=S=S=S=S=S=S=S=S=S=S=S=S=S=S=S=S=S=S=S=S=S=S=S=S=S=S=S=S=S=S=S=S=S=S=S=S=S=S=S=S=S=S=S=S=S=S=S=S=S=S=S=S=S=S=S=S. The zero-order chi connectivity index (χ0) is 104. The van der Waals surface area contributed by atoms with Gasteiger partial charge in [-0.25, -0.2) is 0 Å². The van der Waals surface area contributed by atoms with Crippen molar-refractivity contribution in [3.8, 4) is 27.9 Å². The highest BCUT2D eigenvalue weighted by atomic mass is 33.6. The summed E-state index contributed by atoms with van der Waals surface area (Å²) in [6, 6.07) is 50.4. The monoisotopic (exact) mass is 3950 g/mol. The summed E-state index contributed by atoms with van der Waals surface area (Å²) in [5, 5.41) is 6.29. The van der Waals surface area contributed by atoms with Crippen molar-refractivity contribution in [2.45, 2.75) is 19.3 Å². The minimum Gasteiger partial charge on any atom is -0.355 e. The molecule has 109 heteroatoms. The Balaban J connectivity index is 0.000000584. The summed E-state index contributed by atoms with van der Waals surface area (Å²) in [5.41, 5.74) is 13.7. The Morgan fingerprint density at radius 2 is 0.392 bits per heavy atom. The Labute approximate surface area is 1160 Å². The van der Waals surface area contributed by atoms with Crippen LogP contribution in [0.3, 0.4) is 0 Å². The molecule has 2 nitrogen and oxygen atoms in total. The molecule has 0 atom stereocenters. The predicted molar refractivity (Wildman–Crippen MR) is 962 cm³/mol. The van der Waals surface area contributed by atoms with Crippen LogP contribution < -0.4 is 5.32 Å². The van der Waals surface area contributed by atoms with Crippen molar-refractivity contribution in [3.63, 3.8) is 0 Å². The van der Waals surface area contributed by atoms with Gasteiger partial charge >= 0.3 is 0 Å². The first-order valence-corrected chi connectivity index (χ1v) is 173. The summed E-state index contributed by atoms with van der Waals surface area (Å²) in [5.74, 6) is 0. The van der Waals surface area contributed by atoms with E-state index in [2.05, 4.69) is 163 Å². The Morgan fingerprint density at radius 3 is 0.649 bits per heavy atom. The highest BCUT2D eigenvalue weighted by molar-refractivity contribution is 8.88. The van der Waals surface area contributed by atoms with Crippen LogP contribution in [-0.4, -0.2) is 4.57 Å². The van der Waals surface area contributed by atoms with E-state index in [0.717, 1.165) is 5.69 Å². The topological polar surface area (TPSA) is 17.0 Å². The van der Waals surface area contributed by atoms with Crippen molar-refractivity contribution in [1.82, 2.24) is 4.57 Å². The van der Waals surface area contributed by atoms with Crippen molar-refractivity contribution < 1.29 is 0 Å². The number of hydrogen-bond donors (Lipinski definition) is 1. The number of fused-ring (bicyclic) bond motifs is 6. The van der Waals surface area contributed by atoms with E-state index in [4.69, 9.17) is 22.4 Å². The molecule has 1 aliphatic rings. The quantitative estimate of drug-likeness (QED) is 0.189. The van der Waals surface area contributed by atoms with E-state index in [1.165, 1.54) is 84.3 Å². The zero-order valence-electron chi connectivity index (χ0n) is 66.9. The van der Waals surface area contributed by atoms with Gasteiger partial charge in [-0.3, -0.25) is 0 Å². The van der Waals surface area contributed by atoms with Gasteiger partial charge in [0.25, 0.3) is 0 Å². The minimum absolute atomic E-state index is 0.0518. The average Bonchev–Trinajstić information content (AvgIpc) is 1.58. The van der Waals surface area contributed by atoms with Crippen molar-refractivity contribution in [1.29, 1.82) is 0 Å². The highest BCUT2D eigenvalue weighted by Crippen LogP contribution is 2.52. The second-order valence-corrected chi connectivity index (χ2v) is 204. The average molecular weight is 3960 g/mol. The third-order valence-electron chi connectivity index (χ3n) is 11.7. The molecule has 0 unspecified atom stereocenters. The molecule has 0 bridgehead atoms. The molecule has 1 aromatic heterocycles. The van der Waals surface area contributed by atoms with Crippen molar-refractivity contribution in [3.05, 3.63) is 151 Å². The predicted octanol–water partition coefficient (Wildman–Crippen LogP) is 10.2. The molecular weight excluding hydrogens is 3930 g/mol. The molecule has 7 aromatic rings. The first kappa shape index (κ1) is 153. The van der Waals surface area contributed by atoms with E-state index < -0.39 is 0 Å². The van der Waals surface area contributed by atoms with Crippen molar-refractivity contribution in [2.24, 2.45) is 0 Å². The number of hydrogen-bond acceptors (Lipinski definition) is 3. The van der Waals surface area contributed by atoms with Crippen LogP contribution in [-0.2, 0) is 960 Å². The van der Waals surface area contributed by atoms with Gasteiger partial charge in [0.15, 0.2) is 0 Å². The normalized spacial score (nSPS) is 9.39. The molecule has 1 aliphatic carbocycles.